The van der Waals surface area contributed by atoms with Crippen LogP contribution in [-0.2, 0) is 4.74 Å². The zero-order valence-corrected chi connectivity index (χ0v) is 9.22. The number of carbonyl (C=O) groups excluding carboxylic acids is 1. The van der Waals surface area contributed by atoms with Crippen molar-refractivity contribution in [1.29, 1.82) is 0 Å². The second-order valence-electron chi connectivity index (χ2n) is 3.10. The molecule has 0 saturated carbocycles. The fourth-order valence-electron chi connectivity index (χ4n) is 1.24. The maximum Gasteiger partial charge on any atom is 0.349 e. The molecule has 0 amide bonds. The largest absolute Gasteiger partial charge is 0.462 e. The Morgan fingerprint density at radius 2 is 2.28 bits per heavy atom. The van der Waals surface area contributed by atoms with Gasteiger partial charge in [0, 0.05) is 6.07 Å². The van der Waals surface area contributed by atoms with Gasteiger partial charge < -0.3 is 10.5 Å². The van der Waals surface area contributed by atoms with Gasteiger partial charge in [-0.2, -0.15) is 0 Å². The zero-order valence-electron chi connectivity index (χ0n) is 9.22. The Hall–Kier alpha value is -2.32. The van der Waals surface area contributed by atoms with Crippen molar-refractivity contribution in [2.24, 2.45) is 0 Å². The van der Waals surface area contributed by atoms with Gasteiger partial charge in [-0.25, -0.2) is 18.6 Å². The lowest BCUT2D eigenvalue weighted by atomic mass is 10.2. The average molecular weight is 261 g/mol. The molecule has 0 atom stereocenters. The third kappa shape index (κ3) is 2.67. The van der Waals surface area contributed by atoms with Gasteiger partial charge in [0.05, 0.1) is 11.5 Å². The first-order chi connectivity index (χ1) is 8.38. The summed E-state index contributed by atoms with van der Waals surface area (Å²) in [6.45, 7) is 1.45. The zero-order chi connectivity index (χ0) is 13.9. The molecule has 0 bridgehead atoms. The number of anilines is 1. The summed E-state index contributed by atoms with van der Waals surface area (Å²) in [5, 5.41) is 10.7. The minimum Gasteiger partial charge on any atom is -0.462 e. The standard InChI is InChI=1S/C9H9F2N3O4/c1-2-18-9(15)6-5(14(16)17)3-4(7(10)11)13-8(6)12/h3,7H,2H2,1H3,(H2,12,13). The second kappa shape index (κ2) is 5.34. The molecule has 98 valence electrons. The quantitative estimate of drug-likeness (QED) is 0.501. The summed E-state index contributed by atoms with van der Waals surface area (Å²) in [4.78, 5) is 24.4. The number of nitrogens with zero attached hydrogens (tertiary/aromatic N) is 2. The lowest BCUT2D eigenvalue weighted by molar-refractivity contribution is -0.385. The third-order valence-electron chi connectivity index (χ3n) is 1.95. The molecule has 1 heterocycles. The van der Waals surface area contributed by atoms with Crippen LogP contribution in [0.5, 0.6) is 0 Å². The van der Waals surface area contributed by atoms with Crippen LogP contribution in [0.2, 0.25) is 0 Å². The molecule has 18 heavy (non-hydrogen) atoms. The first-order valence-corrected chi connectivity index (χ1v) is 4.78. The van der Waals surface area contributed by atoms with Gasteiger partial charge in [0.2, 0.25) is 0 Å². The SMILES string of the molecule is CCOC(=O)c1c([N+](=O)[O-])cc(C(F)F)nc1N. The molecule has 1 aromatic rings. The van der Waals surface area contributed by atoms with Crippen LogP contribution in [-0.4, -0.2) is 22.5 Å². The summed E-state index contributed by atoms with van der Waals surface area (Å²) in [5.41, 5.74) is 2.94. The van der Waals surface area contributed by atoms with Gasteiger partial charge in [-0.3, -0.25) is 10.1 Å². The van der Waals surface area contributed by atoms with E-state index in [0.717, 1.165) is 0 Å². The summed E-state index contributed by atoms with van der Waals surface area (Å²) in [6, 6.07) is 0.507. The summed E-state index contributed by atoms with van der Waals surface area (Å²) in [7, 11) is 0. The van der Waals surface area contributed by atoms with E-state index in [2.05, 4.69) is 9.72 Å². The van der Waals surface area contributed by atoms with Crippen molar-refractivity contribution in [1.82, 2.24) is 4.98 Å². The number of ether oxygens (including phenoxy) is 1. The van der Waals surface area contributed by atoms with E-state index in [1.54, 1.807) is 0 Å². The molecule has 1 rings (SSSR count). The number of hydrogen-bond donors (Lipinski definition) is 1. The van der Waals surface area contributed by atoms with E-state index in [1.165, 1.54) is 6.92 Å². The predicted octanol–water partition coefficient (Wildman–Crippen LogP) is 1.69. The minimum atomic E-state index is -3.03. The number of nitro groups is 1. The molecule has 0 aliphatic carbocycles. The van der Waals surface area contributed by atoms with E-state index in [-0.39, 0.29) is 6.61 Å². The van der Waals surface area contributed by atoms with Gasteiger partial charge in [0.15, 0.2) is 5.56 Å². The van der Waals surface area contributed by atoms with Crippen molar-refractivity contribution in [2.45, 2.75) is 13.3 Å². The molecule has 0 aliphatic rings. The predicted molar refractivity (Wildman–Crippen MR) is 56.2 cm³/mol. The van der Waals surface area contributed by atoms with Crippen molar-refractivity contribution >= 4 is 17.5 Å². The van der Waals surface area contributed by atoms with E-state index >= 15 is 0 Å². The Kier molecular flexibility index (Phi) is 4.08. The number of esters is 1. The second-order valence-corrected chi connectivity index (χ2v) is 3.10. The maximum absolute atomic E-state index is 12.4. The fraction of sp³-hybridized carbons (Fsp3) is 0.333. The number of pyridine rings is 1. The molecule has 7 nitrogen and oxygen atoms in total. The highest BCUT2D eigenvalue weighted by Gasteiger charge is 2.28. The molecule has 9 heteroatoms. The van der Waals surface area contributed by atoms with E-state index in [0.29, 0.717) is 6.07 Å². The molecule has 0 fully saturated rings. The molecule has 0 unspecified atom stereocenters. The van der Waals surface area contributed by atoms with E-state index in [9.17, 15) is 23.7 Å². The molecule has 0 saturated heterocycles. The number of carbonyl (C=O) groups is 1. The number of aromatic nitrogens is 1. The molecule has 0 spiro atoms. The molecule has 2 N–H and O–H groups in total. The van der Waals surface area contributed by atoms with E-state index in [1.807, 2.05) is 0 Å². The fourth-order valence-corrected chi connectivity index (χ4v) is 1.24. The van der Waals surface area contributed by atoms with Crippen molar-refractivity contribution in [3.05, 3.63) is 27.4 Å². The normalized spacial score (nSPS) is 10.4. The van der Waals surface area contributed by atoms with Gasteiger partial charge in [-0.1, -0.05) is 0 Å². The van der Waals surface area contributed by atoms with Crippen LogP contribution in [0.1, 0.15) is 29.4 Å². The molecule has 0 radical (unpaired) electrons. The summed E-state index contributed by atoms with van der Waals surface area (Å²) < 4.78 is 29.4. The van der Waals surface area contributed by atoms with Crippen molar-refractivity contribution in [3.63, 3.8) is 0 Å². The smallest absolute Gasteiger partial charge is 0.349 e. The topological polar surface area (TPSA) is 108 Å². The molecular weight excluding hydrogens is 252 g/mol. The number of alkyl halides is 2. The third-order valence-corrected chi connectivity index (χ3v) is 1.95. The highest BCUT2D eigenvalue weighted by atomic mass is 19.3. The maximum atomic E-state index is 12.4. The Bertz CT molecular complexity index is 493. The molecule has 0 aromatic carbocycles. The Labute approximate surface area is 99.7 Å². The van der Waals surface area contributed by atoms with Crippen molar-refractivity contribution in [3.8, 4) is 0 Å². The van der Waals surface area contributed by atoms with Crippen LogP contribution in [0.4, 0.5) is 20.3 Å². The van der Waals surface area contributed by atoms with E-state index in [4.69, 9.17) is 5.73 Å². The van der Waals surface area contributed by atoms with Gasteiger partial charge >= 0.3 is 5.97 Å². The Morgan fingerprint density at radius 1 is 1.67 bits per heavy atom. The highest BCUT2D eigenvalue weighted by Crippen LogP contribution is 2.29. The monoisotopic (exact) mass is 261 g/mol. The first-order valence-electron chi connectivity index (χ1n) is 4.78. The van der Waals surface area contributed by atoms with Gasteiger partial charge in [0.25, 0.3) is 12.1 Å². The van der Waals surface area contributed by atoms with Crippen molar-refractivity contribution < 1.29 is 23.2 Å². The minimum absolute atomic E-state index is 0.0357. The van der Waals surface area contributed by atoms with E-state index < -0.39 is 40.1 Å². The number of hydrogen-bond acceptors (Lipinski definition) is 6. The van der Waals surface area contributed by atoms with Gasteiger partial charge in [-0.05, 0) is 6.92 Å². The highest BCUT2D eigenvalue weighted by molar-refractivity contribution is 5.98. The van der Waals surface area contributed by atoms with Crippen LogP contribution in [0.25, 0.3) is 0 Å². The number of halogens is 2. The lowest BCUT2D eigenvalue weighted by Crippen LogP contribution is -2.13. The summed E-state index contributed by atoms with van der Waals surface area (Å²) in [6.07, 6.45) is -3.03. The van der Waals surface area contributed by atoms with Crippen LogP contribution in [0.15, 0.2) is 6.07 Å². The first kappa shape index (κ1) is 13.7. The molecular formula is C9H9F2N3O4. The summed E-state index contributed by atoms with van der Waals surface area (Å²) >= 11 is 0. The van der Waals surface area contributed by atoms with Crippen LogP contribution in [0.3, 0.4) is 0 Å². The van der Waals surface area contributed by atoms with Crippen LogP contribution >= 0.6 is 0 Å². The van der Waals surface area contributed by atoms with Crippen molar-refractivity contribution in [2.75, 3.05) is 12.3 Å². The molecule has 1 aromatic heterocycles. The average Bonchev–Trinajstić information content (AvgIpc) is 2.27. The van der Waals surface area contributed by atoms with Crippen LogP contribution < -0.4 is 5.73 Å². The van der Waals surface area contributed by atoms with Gasteiger partial charge in [-0.15, -0.1) is 0 Å². The molecule has 0 aliphatic heterocycles. The summed E-state index contributed by atoms with van der Waals surface area (Å²) in [5.74, 6) is -1.73. The van der Waals surface area contributed by atoms with Gasteiger partial charge in [0.1, 0.15) is 11.5 Å². The Morgan fingerprint density at radius 3 is 2.72 bits per heavy atom. The number of rotatable bonds is 4. The van der Waals surface area contributed by atoms with Crippen LogP contribution in [0, 0.1) is 10.1 Å². The Balaban J connectivity index is 3.41. The number of nitrogen functional groups attached to an aromatic ring is 1. The number of nitrogens with two attached hydrogens (primary N) is 1. The lowest BCUT2D eigenvalue weighted by Gasteiger charge is -2.07.